The third kappa shape index (κ3) is 5.47. The molecule has 1 amide bonds. The quantitative estimate of drug-likeness (QED) is 0.390. The van der Waals surface area contributed by atoms with Crippen molar-refractivity contribution in [1.29, 1.82) is 0 Å². The highest BCUT2D eigenvalue weighted by Gasteiger charge is 2.34. The van der Waals surface area contributed by atoms with Gasteiger partial charge in [0.25, 0.3) is 0 Å². The van der Waals surface area contributed by atoms with Crippen LogP contribution >= 0.6 is 23.2 Å². The molecule has 2 aliphatic rings. The first-order valence-electron chi connectivity index (χ1n) is 12.3. The van der Waals surface area contributed by atoms with Gasteiger partial charge in [0.2, 0.25) is 0 Å². The van der Waals surface area contributed by atoms with E-state index in [4.69, 9.17) is 37.8 Å². The summed E-state index contributed by atoms with van der Waals surface area (Å²) in [6.45, 7) is 6.31. The molecule has 0 radical (unpaired) electrons. The minimum Gasteiger partial charge on any atom is -0.490 e. The van der Waals surface area contributed by atoms with Crippen LogP contribution < -0.4 is 4.74 Å². The number of carbonyl (C=O) groups excluding carboxylic acids is 1. The van der Waals surface area contributed by atoms with Crippen LogP contribution in [0.2, 0.25) is 10.0 Å². The van der Waals surface area contributed by atoms with E-state index in [1.807, 2.05) is 51.1 Å². The van der Waals surface area contributed by atoms with E-state index < -0.39 is 5.60 Å². The van der Waals surface area contributed by atoms with Crippen molar-refractivity contribution in [3.8, 4) is 17.0 Å². The van der Waals surface area contributed by atoms with Crippen molar-refractivity contribution >= 4 is 29.3 Å². The molecule has 1 aliphatic carbocycles. The van der Waals surface area contributed by atoms with Crippen LogP contribution in [-0.2, 0) is 17.8 Å². The van der Waals surface area contributed by atoms with Crippen molar-refractivity contribution in [3.05, 3.63) is 63.5 Å². The maximum atomic E-state index is 13.0. The SMILES string of the molecule is CC(C)(C)OC(=O)N1Cc2cc(Cl)cnc2-c2c(C3CCC(Oc4cccc(Cl)c4)CC3)n[nH]c2C1. The first kappa shape index (κ1) is 24.9. The van der Waals surface area contributed by atoms with Crippen molar-refractivity contribution in [2.24, 2.45) is 0 Å². The average molecular weight is 529 g/mol. The van der Waals surface area contributed by atoms with E-state index in [2.05, 4.69) is 10.1 Å². The molecular formula is C27H30Cl2N4O3. The fourth-order valence-corrected chi connectivity index (χ4v) is 5.35. The zero-order valence-corrected chi connectivity index (χ0v) is 22.2. The van der Waals surface area contributed by atoms with E-state index in [1.165, 1.54) is 0 Å². The van der Waals surface area contributed by atoms with Crippen LogP contribution in [-0.4, -0.2) is 37.9 Å². The minimum atomic E-state index is -0.591. The van der Waals surface area contributed by atoms with Crippen molar-refractivity contribution in [3.63, 3.8) is 0 Å². The lowest BCUT2D eigenvalue weighted by Gasteiger charge is -2.28. The van der Waals surface area contributed by atoms with Crippen LogP contribution in [0.5, 0.6) is 5.75 Å². The maximum Gasteiger partial charge on any atom is 0.410 e. The largest absolute Gasteiger partial charge is 0.490 e. The maximum absolute atomic E-state index is 13.0. The normalized spacial score (nSPS) is 19.8. The van der Waals surface area contributed by atoms with Crippen LogP contribution in [0.4, 0.5) is 4.79 Å². The number of rotatable bonds is 3. The topological polar surface area (TPSA) is 80.3 Å². The fraction of sp³-hybridized carbons (Fsp3) is 0.444. The Kier molecular flexibility index (Phi) is 6.88. The summed E-state index contributed by atoms with van der Waals surface area (Å²) in [6.07, 6.45) is 5.15. The molecule has 3 aromatic rings. The number of H-pyrrole nitrogens is 1. The molecule has 36 heavy (non-hydrogen) atoms. The molecule has 0 bridgehead atoms. The molecule has 1 saturated carbocycles. The molecule has 1 aromatic carbocycles. The number of hydrogen-bond acceptors (Lipinski definition) is 5. The zero-order valence-electron chi connectivity index (χ0n) is 20.7. The van der Waals surface area contributed by atoms with Gasteiger partial charge >= 0.3 is 6.09 Å². The molecule has 9 heteroatoms. The number of carbonyl (C=O) groups is 1. The Morgan fingerprint density at radius 3 is 2.58 bits per heavy atom. The van der Waals surface area contributed by atoms with Crippen molar-refractivity contribution in [2.45, 2.75) is 77.2 Å². The third-order valence-electron chi connectivity index (χ3n) is 6.56. The molecule has 190 valence electrons. The van der Waals surface area contributed by atoms with E-state index in [-0.39, 0.29) is 18.1 Å². The Morgan fingerprint density at radius 2 is 1.86 bits per heavy atom. The minimum absolute atomic E-state index is 0.143. The lowest BCUT2D eigenvalue weighted by molar-refractivity contribution is 0.0216. The highest BCUT2D eigenvalue weighted by molar-refractivity contribution is 6.30. The molecule has 1 aliphatic heterocycles. The lowest BCUT2D eigenvalue weighted by Crippen LogP contribution is -2.35. The van der Waals surface area contributed by atoms with Gasteiger partial charge in [0.1, 0.15) is 11.4 Å². The van der Waals surface area contributed by atoms with E-state index in [9.17, 15) is 4.79 Å². The van der Waals surface area contributed by atoms with Crippen molar-refractivity contribution in [2.75, 3.05) is 0 Å². The number of nitrogens with one attached hydrogen (secondary N) is 1. The number of benzene rings is 1. The van der Waals surface area contributed by atoms with Gasteiger partial charge in [-0.1, -0.05) is 29.3 Å². The molecule has 1 N–H and O–H groups in total. The van der Waals surface area contributed by atoms with Gasteiger partial charge in [-0.3, -0.25) is 15.0 Å². The average Bonchev–Trinajstić information content (AvgIpc) is 3.14. The number of fused-ring (bicyclic) bond motifs is 3. The van der Waals surface area contributed by atoms with Gasteiger partial charge in [-0.15, -0.1) is 0 Å². The van der Waals surface area contributed by atoms with Crippen LogP contribution in [0.25, 0.3) is 11.3 Å². The molecule has 5 rings (SSSR count). The fourth-order valence-electron chi connectivity index (χ4n) is 4.99. The number of hydrogen-bond donors (Lipinski definition) is 1. The van der Waals surface area contributed by atoms with Gasteiger partial charge in [-0.2, -0.15) is 5.10 Å². The second-order valence-electron chi connectivity index (χ2n) is 10.5. The van der Waals surface area contributed by atoms with Gasteiger partial charge in [0.05, 0.1) is 41.3 Å². The first-order chi connectivity index (χ1) is 17.2. The van der Waals surface area contributed by atoms with Gasteiger partial charge in [0, 0.05) is 22.7 Å². The number of amides is 1. The summed E-state index contributed by atoms with van der Waals surface area (Å²) in [4.78, 5) is 19.3. The van der Waals surface area contributed by atoms with Gasteiger partial charge in [-0.25, -0.2) is 4.79 Å². The monoisotopic (exact) mass is 528 g/mol. The molecule has 3 heterocycles. The second kappa shape index (κ2) is 9.94. The van der Waals surface area contributed by atoms with Crippen molar-refractivity contribution in [1.82, 2.24) is 20.1 Å². The highest BCUT2D eigenvalue weighted by Crippen LogP contribution is 2.42. The van der Waals surface area contributed by atoms with Crippen LogP contribution in [0.1, 0.15) is 69.3 Å². The summed E-state index contributed by atoms with van der Waals surface area (Å²) in [6, 6.07) is 9.42. The van der Waals surface area contributed by atoms with Crippen molar-refractivity contribution < 1.29 is 14.3 Å². The Morgan fingerprint density at radius 1 is 1.08 bits per heavy atom. The van der Waals surface area contributed by atoms with E-state index in [0.29, 0.717) is 23.1 Å². The zero-order chi connectivity index (χ0) is 25.4. The molecule has 0 atom stereocenters. The number of halogens is 2. The molecule has 2 aromatic heterocycles. The smallest absolute Gasteiger partial charge is 0.410 e. The van der Waals surface area contributed by atoms with Gasteiger partial charge in [-0.05, 0) is 76.3 Å². The predicted octanol–water partition coefficient (Wildman–Crippen LogP) is 7.13. The van der Waals surface area contributed by atoms with Gasteiger partial charge in [0.15, 0.2) is 0 Å². The summed E-state index contributed by atoms with van der Waals surface area (Å²) in [7, 11) is 0. The van der Waals surface area contributed by atoms with Crippen LogP contribution in [0, 0.1) is 0 Å². The molecule has 7 nitrogen and oxygen atoms in total. The standard InChI is InChI=1S/C27H30Cl2N4O3/c1-27(2,3)36-26(34)33-14-17-11-19(29)13-30-24(17)23-22(15-33)31-32-25(23)16-7-9-20(10-8-16)35-21-6-4-5-18(28)12-21/h4-6,11-13,16,20H,7-10,14-15H2,1-3H3,(H,31,32). The summed E-state index contributed by atoms with van der Waals surface area (Å²) >= 11 is 12.4. The summed E-state index contributed by atoms with van der Waals surface area (Å²) in [5.41, 5.74) is 3.95. The van der Waals surface area contributed by atoms with Crippen LogP contribution in [0.15, 0.2) is 36.5 Å². The first-order valence-corrected chi connectivity index (χ1v) is 13.0. The third-order valence-corrected chi connectivity index (χ3v) is 7.00. The molecule has 1 fully saturated rings. The lowest BCUT2D eigenvalue weighted by atomic mass is 9.83. The number of ether oxygens (including phenoxy) is 2. The number of nitrogens with zero attached hydrogens (tertiary/aromatic N) is 3. The van der Waals surface area contributed by atoms with Gasteiger partial charge < -0.3 is 9.47 Å². The van der Waals surface area contributed by atoms with E-state index in [1.54, 1.807) is 11.1 Å². The Balaban J connectivity index is 1.38. The van der Waals surface area contributed by atoms with Crippen LogP contribution in [0.3, 0.4) is 0 Å². The number of aromatic nitrogens is 3. The predicted molar refractivity (Wildman–Crippen MR) is 139 cm³/mol. The second-order valence-corrected chi connectivity index (χ2v) is 11.4. The Bertz CT molecular complexity index is 1260. The molecule has 0 spiro atoms. The summed E-state index contributed by atoms with van der Waals surface area (Å²) in [5, 5.41) is 9.15. The molecule has 0 saturated heterocycles. The molecule has 0 unspecified atom stereocenters. The number of pyridine rings is 1. The summed E-state index contributed by atoms with van der Waals surface area (Å²) < 4.78 is 11.8. The number of aromatic amines is 1. The summed E-state index contributed by atoms with van der Waals surface area (Å²) in [5.74, 6) is 1.07. The highest BCUT2D eigenvalue weighted by atomic mass is 35.5. The molecular weight excluding hydrogens is 499 g/mol. The Hall–Kier alpha value is -2.77. The van der Waals surface area contributed by atoms with E-state index in [0.717, 1.165) is 59.6 Å². The Labute approximate surface area is 221 Å². The van der Waals surface area contributed by atoms with E-state index >= 15 is 0 Å².